The number of benzene rings is 1. The highest BCUT2D eigenvalue weighted by atomic mass is 35.5. The third-order valence-electron chi connectivity index (χ3n) is 2.57. The summed E-state index contributed by atoms with van der Waals surface area (Å²) in [4.78, 5) is 0. The second kappa shape index (κ2) is 5.87. The van der Waals surface area contributed by atoms with Crippen LogP contribution < -0.4 is 5.73 Å². The van der Waals surface area contributed by atoms with Gasteiger partial charge in [0.05, 0.1) is 10.0 Å². The van der Waals surface area contributed by atoms with Crippen LogP contribution in [0.15, 0.2) is 18.2 Å². The molecule has 16 heavy (non-hydrogen) atoms. The Morgan fingerprint density at radius 3 is 2.69 bits per heavy atom. The number of hydrogen-bond donors (Lipinski definition) is 1. The van der Waals surface area contributed by atoms with Crippen molar-refractivity contribution in [1.82, 2.24) is 0 Å². The van der Waals surface area contributed by atoms with E-state index in [2.05, 4.69) is 0 Å². The SMILES string of the molecule is NC(c1ccc(Cl)c(Cl)c1)C1CSCCS1. The van der Waals surface area contributed by atoms with Crippen molar-refractivity contribution in [1.29, 1.82) is 0 Å². The molecule has 0 amide bonds. The summed E-state index contributed by atoms with van der Waals surface area (Å²) < 4.78 is 0. The van der Waals surface area contributed by atoms with Crippen molar-refractivity contribution >= 4 is 46.7 Å². The van der Waals surface area contributed by atoms with Crippen LogP contribution in [0.25, 0.3) is 0 Å². The number of thioether (sulfide) groups is 2. The van der Waals surface area contributed by atoms with E-state index in [4.69, 9.17) is 28.9 Å². The molecule has 0 radical (unpaired) electrons. The van der Waals surface area contributed by atoms with Crippen molar-refractivity contribution in [3.63, 3.8) is 0 Å². The van der Waals surface area contributed by atoms with Crippen LogP contribution in [-0.2, 0) is 0 Å². The van der Waals surface area contributed by atoms with E-state index in [1.165, 1.54) is 11.5 Å². The van der Waals surface area contributed by atoms with Crippen LogP contribution in [0.5, 0.6) is 0 Å². The van der Waals surface area contributed by atoms with Gasteiger partial charge in [0.2, 0.25) is 0 Å². The van der Waals surface area contributed by atoms with Gasteiger partial charge in [0.25, 0.3) is 0 Å². The van der Waals surface area contributed by atoms with Gasteiger partial charge in [-0.1, -0.05) is 29.3 Å². The minimum absolute atomic E-state index is 0.0487. The maximum absolute atomic E-state index is 6.25. The molecular weight excluding hydrogens is 281 g/mol. The topological polar surface area (TPSA) is 26.0 Å². The number of halogens is 2. The maximum Gasteiger partial charge on any atom is 0.0595 e. The lowest BCUT2D eigenvalue weighted by molar-refractivity contribution is 0.720. The average molecular weight is 294 g/mol. The molecule has 1 fully saturated rings. The summed E-state index contributed by atoms with van der Waals surface area (Å²) >= 11 is 15.8. The quantitative estimate of drug-likeness (QED) is 0.897. The molecule has 88 valence electrons. The van der Waals surface area contributed by atoms with Crippen molar-refractivity contribution in [2.75, 3.05) is 17.3 Å². The molecular formula is C11H13Cl2NS2. The van der Waals surface area contributed by atoms with Crippen LogP contribution in [0.1, 0.15) is 11.6 Å². The highest BCUT2D eigenvalue weighted by Gasteiger charge is 2.23. The Kier molecular flexibility index (Phi) is 4.74. The van der Waals surface area contributed by atoms with Gasteiger partial charge < -0.3 is 5.73 Å². The number of nitrogens with two attached hydrogens (primary N) is 1. The molecule has 1 nitrogen and oxygen atoms in total. The summed E-state index contributed by atoms with van der Waals surface area (Å²) in [6.45, 7) is 0. The van der Waals surface area contributed by atoms with Gasteiger partial charge in [-0.3, -0.25) is 0 Å². The predicted octanol–water partition coefficient (Wildman–Crippen LogP) is 3.84. The highest BCUT2D eigenvalue weighted by Crippen LogP contribution is 2.34. The van der Waals surface area contributed by atoms with Gasteiger partial charge in [0.1, 0.15) is 0 Å². The van der Waals surface area contributed by atoms with E-state index >= 15 is 0 Å². The molecule has 5 heteroatoms. The van der Waals surface area contributed by atoms with Gasteiger partial charge in [-0.15, -0.1) is 0 Å². The molecule has 2 atom stereocenters. The Labute approximate surface area is 114 Å². The van der Waals surface area contributed by atoms with Crippen molar-refractivity contribution in [2.24, 2.45) is 5.73 Å². The molecule has 1 heterocycles. The lowest BCUT2D eigenvalue weighted by Gasteiger charge is -2.27. The van der Waals surface area contributed by atoms with Gasteiger partial charge >= 0.3 is 0 Å². The lowest BCUT2D eigenvalue weighted by Crippen LogP contribution is -2.28. The lowest BCUT2D eigenvalue weighted by atomic mass is 10.1. The van der Waals surface area contributed by atoms with Crippen LogP contribution >= 0.6 is 46.7 Å². The Morgan fingerprint density at radius 1 is 1.25 bits per heavy atom. The molecule has 1 aromatic rings. The van der Waals surface area contributed by atoms with E-state index in [9.17, 15) is 0 Å². The Balaban J connectivity index is 2.12. The van der Waals surface area contributed by atoms with E-state index in [0.29, 0.717) is 15.3 Å². The molecule has 2 unspecified atom stereocenters. The van der Waals surface area contributed by atoms with Crippen LogP contribution in [0.2, 0.25) is 10.0 Å². The molecule has 2 N–H and O–H groups in total. The van der Waals surface area contributed by atoms with Crippen molar-refractivity contribution < 1.29 is 0 Å². The highest BCUT2D eigenvalue weighted by molar-refractivity contribution is 8.06. The molecule has 0 saturated carbocycles. The summed E-state index contributed by atoms with van der Waals surface area (Å²) in [7, 11) is 0. The largest absolute Gasteiger partial charge is 0.323 e. The van der Waals surface area contributed by atoms with E-state index in [-0.39, 0.29) is 6.04 Å². The molecule has 0 aromatic heterocycles. The van der Waals surface area contributed by atoms with E-state index in [1.54, 1.807) is 0 Å². The molecule has 2 rings (SSSR count). The van der Waals surface area contributed by atoms with Gasteiger partial charge in [0.15, 0.2) is 0 Å². The average Bonchev–Trinajstić information content (AvgIpc) is 2.33. The van der Waals surface area contributed by atoms with E-state index < -0.39 is 0 Å². The fraction of sp³-hybridized carbons (Fsp3) is 0.455. The van der Waals surface area contributed by atoms with Crippen molar-refractivity contribution in [3.8, 4) is 0 Å². The summed E-state index contributed by atoms with van der Waals surface area (Å²) in [6, 6.07) is 5.72. The van der Waals surface area contributed by atoms with Crippen LogP contribution in [0, 0.1) is 0 Å². The van der Waals surface area contributed by atoms with E-state index in [0.717, 1.165) is 11.3 Å². The summed E-state index contributed by atoms with van der Waals surface area (Å²) in [5.41, 5.74) is 7.33. The molecule has 1 saturated heterocycles. The van der Waals surface area contributed by atoms with Crippen LogP contribution in [0.4, 0.5) is 0 Å². The van der Waals surface area contributed by atoms with Gasteiger partial charge in [-0.2, -0.15) is 23.5 Å². The fourth-order valence-corrected chi connectivity index (χ4v) is 4.76. The first kappa shape index (κ1) is 12.9. The molecule has 1 aliphatic heterocycles. The van der Waals surface area contributed by atoms with Gasteiger partial charge in [-0.25, -0.2) is 0 Å². The molecule has 0 bridgehead atoms. The first-order valence-corrected chi connectivity index (χ1v) is 8.04. The normalized spacial score (nSPS) is 23.1. The zero-order valence-electron chi connectivity index (χ0n) is 8.66. The first-order chi connectivity index (χ1) is 7.68. The van der Waals surface area contributed by atoms with E-state index in [1.807, 2.05) is 41.7 Å². The Bertz CT molecular complexity index is 367. The van der Waals surface area contributed by atoms with Crippen molar-refractivity contribution in [2.45, 2.75) is 11.3 Å². The summed E-state index contributed by atoms with van der Waals surface area (Å²) in [5, 5.41) is 1.65. The van der Waals surface area contributed by atoms with Crippen LogP contribution in [0.3, 0.4) is 0 Å². The van der Waals surface area contributed by atoms with Gasteiger partial charge in [-0.05, 0) is 17.7 Å². The molecule has 1 aromatic carbocycles. The fourth-order valence-electron chi connectivity index (χ4n) is 1.65. The van der Waals surface area contributed by atoms with Crippen LogP contribution in [-0.4, -0.2) is 22.5 Å². The molecule has 0 spiro atoms. The zero-order chi connectivity index (χ0) is 11.5. The monoisotopic (exact) mass is 293 g/mol. The number of hydrogen-bond acceptors (Lipinski definition) is 3. The number of rotatable bonds is 2. The molecule has 1 aliphatic rings. The minimum atomic E-state index is 0.0487. The molecule has 0 aliphatic carbocycles. The third-order valence-corrected chi connectivity index (χ3v) is 6.19. The van der Waals surface area contributed by atoms with Gasteiger partial charge in [0, 0.05) is 28.6 Å². The summed E-state index contributed by atoms with van der Waals surface area (Å²) in [5.74, 6) is 3.53. The Morgan fingerprint density at radius 2 is 2.06 bits per heavy atom. The predicted molar refractivity (Wildman–Crippen MR) is 77.0 cm³/mol. The minimum Gasteiger partial charge on any atom is -0.323 e. The second-order valence-corrected chi connectivity index (χ2v) is 6.99. The van der Waals surface area contributed by atoms with Crippen molar-refractivity contribution in [3.05, 3.63) is 33.8 Å². The third kappa shape index (κ3) is 3.02. The second-order valence-electron chi connectivity index (χ2n) is 3.68. The standard InChI is InChI=1S/C11H13Cl2NS2/c12-8-2-1-7(5-9(8)13)11(14)10-6-15-3-4-16-10/h1-2,5,10-11H,3-4,6,14H2. The maximum atomic E-state index is 6.25. The zero-order valence-corrected chi connectivity index (χ0v) is 11.8. The Hall–Kier alpha value is 0.460. The summed E-state index contributed by atoms with van der Waals surface area (Å²) in [6.07, 6.45) is 0. The first-order valence-electron chi connectivity index (χ1n) is 5.08. The smallest absolute Gasteiger partial charge is 0.0595 e.